The van der Waals surface area contributed by atoms with E-state index in [0.29, 0.717) is 0 Å². The second-order valence-corrected chi connectivity index (χ2v) is 4.19. The molecule has 0 atom stereocenters. The van der Waals surface area contributed by atoms with Gasteiger partial charge in [-0.1, -0.05) is 34.1 Å². The average Bonchev–Trinajstić information content (AvgIpc) is 2.60. The van der Waals surface area contributed by atoms with Crippen LogP contribution >= 0.6 is 11.3 Å². The highest BCUT2D eigenvalue weighted by atomic mass is 32.1. The molecule has 0 amide bonds. The summed E-state index contributed by atoms with van der Waals surface area (Å²) in [6.45, 7) is 8.53. The Hall–Kier alpha value is -0.370. The maximum atomic E-state index is 4.23. The van der Waals surface area contributed by atoms with Crippen molar-refractivity contribution in [1.29, 1.82) is 0 Å². The highest BCUT2D eigenvalue weighted by Gasteiger charge is 1.97. The largest absolute Gasteiger partial charge is 0.250 e. The lowest BCUT2D eigenvalue weighted by atomic mass is 10.1. The molecule has 0 aliphatic heterocycles. The SMILES string of the molecule is CC.CC(C)CCCc1nccs1. The molecule has 0 aromatic carbocycles. The molecule has 0 radical (unpaired) electrons. The summed E-state index contributed by atoms with van der Waals surface area (Å²) in [6, 6.07) is 0. The Labute approximate surface area is 86.2 Å². The zero-order valence-electron chi connectivity index (χ0n) is 9.21. The van der Waals surface area contributed by atoms with Gasteiger partial charge in [-0.05, 0) is 18.8 Å². The summed E-state index contributed by atoms with van der Waals surface area (Å²) in [5, 5.41) is 3.33. The number of aromatic nitrogens is 1. The smallest absolute Gasteiger partial charge is 0.0924 e. The number of rotatable bonds is 4. The highest BCUT2D eigenvalue weighted by molar-refractivity contribution is 7.09. The fourth-order valence-corrected chi connectivity index (χ4v) is 1.70. The number of hydrogen-bond acceptors (Lipinski definition) is 2. The van der Waals surface area contributed by atoms with Gasteiger partial charge in [0.1, 0.15) is 0 Å². The zero-order valence-corrected chi connectivity index (χ0v) is 10.0. The van der Waals surface area contributed by atoms with E-state index < -0.39 is 0 Å². The first kappa shape index (κ1) is 12.6. The molecule has 0 saturated carbocycles. The van der Waals surface area contributed by atoms with E-state index in [0.717, 1.165) is 12.3 Å². The highest BCUT2D eigenvalue weighted by Crippen LogP contribution is 2.11. The molecule has 0 spiro atoms. The number of aryl methyl sites for hydroxylation is 1. The summed E-state index contributed by atoms with van der Waals surface area (Å²) in [4.78, 5) is 4.23. The molecule has 1 aromatic heterocycles. The minimum Gasteiger partial charge on any atom is -0.250 e. The van der Waals surface area contributed by atoms with E-state index in [1.54, 1.807) is 11.3 Å². The molecule has 13 heavy (non-hydrogen) atoms. The first-order chi connectivity index (χ1) is 6.29. The fourth-order valence-electron chi connectivity index (χ4n) is 1.04. The van der Waals surface area contributed by atoms with Gasteiger partial charge in [0.15, 0.2) is 0 Å². The minimum atomic E-state index is 0.829. The Morgan fingerprint density at radius 3 is 2.54 bits per heavy atom. The number of nitrogens with zero attached hydrogens (tertiary/aromatic N) is 1. The Morgan fingerprint density at radius 1 is 1.38 bits per heavy atom. The quantitative estimate of drug-likeness (QED) is 0.710. The summed E-state index contributed by atoms with van der Waals surface area (Å²) in [5.41, 5.74) is 0. The Bertz CT molecular complexity index is 180. The van der Waals surface area contributed by atoms with Gasteiger partial charge in [-0.3, -0.25) is 0 Å². The van der Waals surface area contributed by atoms with Crippen LogP contribution in [0, 0.1) is 5.92 Å². The van der Waals surface area contributed by atoms with Crippen LogP contribution in [0.5, 0.6) is 0 Å². The summed E-state index contributed by atoms with van der Waals surface area (Å²) in [6.07, 6.45) is 5.65. The van der Waals surface area contributed by atoms with Crippen molar-refractivity contribution in [2.24, 2.45) is 5.92 Å². The second kappa shape index (κ2) is 8.24. The minimum absolute atomic E-state index is 0.829. The van der Waals surface area contributed by atoms with Gasteiger partial charge < -0.3 is 0 Å². The average molecular weight is 199 g/mol. The van der Waals surface area contributed by atoms with Crippen LogP contribution in [0.2, 0.25) is 0 Å². The number of thiazole rings is 1. The zero-order chi connectivity index (χ0) is 10.1. The molecule has 0 fully saturated rings. The Morgan fingerprint density at radius 2 is 2.08 bits per heavy atom. The van der Waals surface area contributed by atoms with Crippen molar-refractivity contribution >= 4 is 11.3 Å². The maximum Gasteiger partial charge on any atom is 0.0924 e. The molecular weight excluding hydrogens is 178 g/mol. The van der Waals surface area contributed by atoms with Crippen LogP contribution in [-0.4, -0.2) is 4.98 Å². The number of hydrogen-bond donors (Lipinski definition) is 0. The fraction of sp³-hybridized carbons (Fsp3) is 0.727. The Kier molecular flexibility index (Phi) is 8.00. The standard InChI is InChI=1S/C9H15NS.C2H6/c1-8(2)4-3-5-9-10-6-7-11-9;1-2/h6-8H,3-5H2,1-2H3;1-2H3. The third-order valence-electron chi connectivity index (χ3n) is 1.66. The van der Waals surface area contributed by atoms with E-state index in [-0.39, 0.29) is 0 Å². The molecule has 1 heterocycles. The molecule has 0 unspecified atom stereocenters. The second-order valence-electron chi connectivity index (χ2n) is 3.21. The van der Waals surface area contributed by atoms with Crippen molar-refractivity contribution in [3.8, 4) is 0 Å². The summed E-state index contributed by atoms with van der Waals surface area (Å²) in [7, 11) is 0. The van der Waals surface area contributed by atoms with E-state index in [4.69, 9.17) is 0 Å². The van der Waals surface area contributed by atoms with Crippen molar-refractivity contribution in [3.05, 3.63) is 16.6 Å². The van der Waals surface area contributed by atoms with Crippen LogP contribution in [0.15, 0.2) is 11.6 Å². The topological polar surface area (TPSA) is 12.9 Å². The molecule has 0 aliphatic rings. The van der Waals surface area contributed by atoms with Crippen molar-refractivity contribution in [1.82, 2.24) is 4.98 Å². The lowest BCUT2D eigenvalue weighted by Crippen LogP contribution is -1.89. The van der Waals surface area contributed by atoms with Gasteiger partial charge in [-0.2, -0.15) is 0 Å². The summed E-state index contributed by atoms with van der Waals surface area (Å²) < 4.78 is 0. The van der Waals surface area contributed by atoms with Gasteiger partial charge in [-0.25, -0.2) is 4.98 Å². The molecule has 0 aliphatic carbocycles. The van der Waals surface area contributed by atoms with Crippen LogP contribution in [0.25, 0.3) is 0 Å². The third-order valence-corrected chi connectivity index (χ3v) is 2.49. The van der Waals surface area contributed by atoms with Crippen LogP contribution in [0.3, 0.4) is 0 Å². The van der Waals surface area contributed by atoms with E-state index in [9.17, 15) is 0 Å². The van der Waals surface area contributed by atoms with Crippen LogP contribution in [0.4, 0.5) is 0 Å². The first-order valence-electron chi connectivity index (χ1n) is 5.17. The van der Waals surface area contributed by atoms with Crippen LogP contribution in [0.1, 0.15) is 45.5 Å². The van der Waals surface area contributed by atoms with Crippen LogP contribution < -0.4 is 0 Å². The van der Waals surface area contributed by atoms with E-state index in [2.05, 4.69) is 18.8 Å². The molecule has 1 nitrogen and oxygen atoms in total. The molecule has 1 aromatic rings. The first-order valence-corrected chi connectivity index (χ1v) is 6.05. The predicted molar refractivity (Wildman–Crippen MR) is 61.2 cm³/mol. The van der Waals surface area contributed by atoms with E-state index in [1.807, 2.05) is 25.4 Å². The molecule has 0 saturated heterocycles. The molecule has 0 bridgehead atoms. The molecule has 0 N–H and O–H groups in total. The van der Waals surface area contributed by atoms with Gasteiger partial charge in [-0.15, -0.1) is 11.3 Å². The van der Waals surface area contributed by atoms with E-state index in [1.165, 1.54) is 17.8 Å². The molecule has 76 valence electrons. The third kappa shape index (κ3) is 6.76. The van der Waals surface area contributed by atoms with Gasteiger partial charge >= 0.3 is 0 Å². The lowest BCUT2D eigenvalue weighted by molar-refractivity contribution is 0.555. The van der Waals surface area contributed by atoms with Crippen LogP contribution in [-0.2, 0) is 6.42 Å². The Balaban J connectivity index is 0.000000671. The maximum absolute atomic E-state index is 4.23. The van der Waals surface area contributed by atoms with Gasteiger partial charge in [0.05, 0.1) is 5.01 Å². The van der Waals surface area contributed by atoms with Gasteiger partial charge in [0.25, 0.3) is 0 Å². The molecule has 1 rings (SSSR count). The lowest BCUT2D eigenvalue weighted by Gasteiger charge is -2.01. The van der Waals surface area contributed by atoms with Crippen molar-refractivity contribution in [3.63, 3.8) is 0 Å². The summed E-state index contributed by atoms with van der Waals surface area (Å²) in [5.74, 6) is 0.829. The van der Waals surface area contributed by atoms with Gasteiger partial charge in [0, 0.05) is 11.6 Å². The summed E-state index contributed by atoms with van der Waals surface area (Å²) >= 11 is 1.76. The normalized spacial score (nSPS) is 9.62. The van der Waals surface area contributed by atoms with Crippen molar-refractivity contribution < 1.29 is 0 Å². The van der Waals surface area contributed by atoms with Crippen molar-refractivity contribution in [2.45, 2.75) is 47.0 Å². The van der Waals surface area contributed by atoms with E-state index >= 15 is 0 Å². The molecular formula is C11H21NS. The molecule has 2 heteroatoms. The monoisotopic (exact) mass is 199 g/mol. The van der Waals surface area contributed by atoms with Gasteiger partial charge in [0.2, 0.25) is 0 Å². The van der Waals surface area contributed by atoms with Crippen molar-refractivity contribution in [2.75, 3.05) is 0 Å². The predicted octanol–water partition coefficient (Wildman–Crippen LogP) is 4.15.